The lowest BCUT2D eigenvalue weighted by atomic mass is 9.87. The zero-order valence-electron chi connectivity index (χ0n) is 25.6. The van der Waals surface area contributed by atoms with Gasteiger partial charge < -0.3 is 4.42 Å². The number of para-hydroxylation sites is 1. The molecular weight excluding hydrogens is 609 g/mol. The van der Waals surface area contributed by atoms with Crippen LogP contribution in [0.25, 0.3) is 88.0 Å². The zero-order valence-corrected chi connectivity index (χ0v) is 26.5. The van der Waals surface area contributed by atoms with Gasteiger partial charge in [-0.3, -0.25) is 0 Å². The second kappa shape index (κ2) is 10.0. The Hall–Kier alpha value is -5.97. The summed E-state index contributed by atoms with van der Waals surface area (Å²) < 4.78 is 35.7. The molecule has 0 spiro atoms. The van der Waals surface area contributed by atoms with E-state index in [0.29, 0.717) is 5.39 Å². The lowest BCUT2D eigenvalue weighted by Crippen LogP contribution is -2.04. The predicted molar refractivity (Wildman–Crippen MR) is 196 cm³/mol. The largest absolute Gasteiger partial charge is 0.455 e. The van der Waals surface area contributed by atoms with Crippen molar-refractivity contribution in [2.24, 2.45) is 0 Å². The molecule has 1 heterocycles. The van der Waals surface area contributed by atoms with E-state index in [4.69, 9.17) is 4.42 Å². The lowest BCUT2D eigenvalue weighted by Gasteiger charge is -2.18. The van der Waals surface area contributed by atoms with E-state index < -0.39 is 9.84 Å². The summed E-state index contributed by atoms with van der Waals surface area (Å²) in [5.41, 5.74) is 9.96. The lowest BCUT2D eigenvalue weighted by molar-refractivity contribution is 0.597. The van der Waals surface area contributed by atoms with Gasteiger partial charge in [0.2, 0.25) is 9.84 Å². The highest BCUT2D eigenvalue weighted by Gasteiger charge is 2.31. The predicted octanol–water partition coefficient (Wildman–Crippen LogP) is 11.7. The summed E-state index contributed by atoms with van der Waals surface area (Å²) in [6, 6.07) is 52.0. The molecule has 0 bridgehead atoms. The van der Waals surface area contributed by atoms with Gasteiger partial charge in [0, 0.05) is 27.3 Å². The average molecular weight is 635 g/mol. The summed E-state index contributed by atoms with van der Waals surface area (Å²) in [5, 5.41) is 6.06. The van der Waals surface area contributed by atoms with Crippen molar-refractivity contribution in [1.29, 1.82) is 0 Å². The molecule has 10 rings (SSSR count). The van der Waals surface area contributed by atoms with Gasteiger partial charge in [0.25, 0.3) is 0 Å². The first-order chi connectivity index (χ1) is 23.6. The second-order valence-electron chi connectivity index (χ2n) is 12.4. The third kappa shape index (κ3) is 3.72. The highest BCUT2D eigenvalue weighted by molar-refractivity contribution is 7.91. The molecular formula is C44H26O3S. The van der Waals surface area contributed by atoms with Crippen LogP contribution in [-0.2, 0) is 9.84 Å². The third-order valence-corrected chi connectivity index (χ3v) is 11.6. The first-order valence-corrected chi connectivity index (χ1v) is 17.5. The van der Waals surface area contributed by atoms with Gasteiger partial charge in [-0.15, -0.1) is 0 Å². The molecule has 226 valence electrons. The first-order valence-electron chi connectivity index (χ1n) is 16.0. The Kier molecular flexibility index (Phi) is 5.67. The molecule has 0 saturated carbocycles. The van der Waals surface area contributed by atoms with E-state index in [9.17, 15) is 8.42 Å². The number of hydrogen-bond acceptors (Lipinski definition) is 3. The van der Waals surface area contributed by atoms with Gasteiger partial charge in [0.05, 0.1) is 9.79 Å². The maximum absolute atomic E-state index is 14.5. The van der Waals surface area contributed by atoms with E-state index >= 15 is 0 Å². The molecule has 0 atom stereocenters. The molecule has 0 radical (unpaired) electrons. The minimum absolute atomic E-state index is 0.268. The van der Waals surface area contributed by atoms with Crippen LogP contribution in [-0.4, -0.2) is 8.42 Å². The van der Waals surface area contributed by atoms with Gasteiger partial charge >= 0.3 is 0 Å². The Balaban J connectivity index is 1.39. The second-order valence-corrected chi connectivity index (χ2v) is 14.3. The number of sulfone groups is 1. The normalized spacial score (nSPS) is 12.3. The maximum Gasteiger partial charge on any atom is 0.207 e. The quantitative estimate of drug-likeness (QED) is 0.193. The van der Waals surface area contributed by atoms with Crippen molar-refractivity contribution in [1.82, 2.24) is 0 Å². The Morgan fingerprint density at radius 1 is 0.438 bits per heavy atom. The topological polar surface area (TPSA) is 47.3 Å². The molecule has 9 aromatic rings. The number of furan rings is 1. The van der Waals surface area contributed by atoms with Crippen LogP contribution in [0.4, 0.5) is 0 Å². The van der Waals surface area contributed by atoms with E-state index in [1.54, 1.807) is 30.3 Å². The highest BCUT2D eigenvalue weighted by Crippen LogP contribution is 2.56. The van der Waals surface area contributed by atoms with Crippen molar-refractivity contribution in [2.45, 2.75) is 9.79 Å². The van der Waals surface area contributed by atoms with Crippen LogP contribution in [0.5, 0.6) is 0 Å². The third-order valence-electron chi connectivity index (χ3n) is 9.83. The molecule has 0 N–H and O–H groups in total. The first kappa shape index (κ1) is 27.2. The van der Waals surface area contributed by atoms with Crippen molar-refractivity contribution >= 4 is 53.3 Å². The minimum Gasteiger partial charge on any atom is -0.455 e. The summed E-state index contributed by atoms with van der Waals surface area (Å²) in [6.45, 7) is 0. The van der Waals surface area contributed by atoms with Crippen LogP contribution < -0.4 is 0 Å². The summed E-state index contributed by atoms with van der Waals surface area (Å²) >= 11 is 0. The van der Waals surface area contributed by atoms with Crippen LogP contribution in [0.2, 0.25) is 0 Å². The zero-order chi connectivity index (χ0) is 32.0. The number of rotatable bonds is 4. The molecule has 1 aliphatic rings. The molecule has 0 fully saturated rings. The van der Waals surface area contributed by atoms with Gasteiger partial charge in [0.15, 0.2) is 0 Å². The van der Waals surface area contributed by atoms with Gasteiger partial charge in [-0.05, 0) is 79.9 Å². The summed E-state index contributed by atoms with van der Waals surface area (Å²) in [6.07, 6.45) is 0. The van der Waals surface area contributed by atoms with Crippen molar-refractivity contribution in [3.05, 3.63) is 158 Å². The van der Waals surface area contributed by atoms with E-state index in [-0.39, 0.29) is 9.79 Å². The Morgan fingerprint density at radius 3 is 1.92 bits per heavy atom. The van der Waals surface area contributed by atoms with Gasteiger partial charge in [-0.25, -0.2) is 8.42 Å². The molecule has 0 amide bonds. The summed E-state index contributed by atoms with van der Waals surface area (Å²) in [7, 11) is -3.87. The molecule has 8 aromatic carbocycles. The molecule has 4 heteroatoms. The molecule has 0 saturated heterocycles. The fraction of sp³-hybridized carbons (Fsp3) is 0. The summed E-state index contributed by atoms with van der Waals surface area (Å²) in [4.78, 5) is 0.551. The van der Waals surface area contributed by atoms with Crippen molar-refractivity contribution in [2.75, 3.05) is 0 Å². The summed E-state index contributed by atoms with van der Waals surface area (Å²) in [5.74, 6) is 0. The number of hydrogen-bond donors (Lipinski definition) is 0. The fourth-order valence-electron chi connectivity index (χ4n) is 7.78. The van der Waals surface area contributed by atoms with Crippen LogP contribution >= 0.6 is 0 Å². The smallest absolute Gasteiger partial charge is 0.207 e. The van der Waals surface area contributed by atoms with E-state index in [1.807, 2.05) is 72.8 Å². The van der Waals surface area contributed by atoms with Gasteiger partial charge in [-0.1, -0.05) is 127 Å². The number of fused-ring (bicyclic) bond motifs is 7. The van der Waals surface area contributed by atoms with Gasteiger partial charge in [0.1, 0.15) is 11.2 Å². The monoisotopic (exact) mass is 634 g/mol. The highest BCUT2D eigenvalue weighted by atomic mass is 32.2. The standard InChI is InChI=1S/C44H26O3S/c45-48(46,29-16-5-2-6-17-29)39-25-24-34(32-21-11-19-30(41(32)39)27-12-3-1-4-13-27)43-42-35-22-10-15-28-14-9-20-33(40(28)35)36(42)26-37-31-18-7-8-23-38(31)47-44(37)43/h1-26H. The van der Waals surface area contributed by atoms with Crippen molar-refractivity contribution in [3.8, 4) is 44.5 Å². The molecule has 48 heavy (non-hydrogen) atoms. The van der Waals surface area contributed by atoms with E-state index in [2.05, 4.69) is 54.6 Å². The van der Waals surface area contributed by atoms with Crippen LogP contribution in [0.15, 0.2) is 172 Å². The van der Waals surface area contributed by atoms with Crippen molar-refractivity contribution < 1.29 is 12.8 Å². The molecule has 1 aromatic heterocycles. The molecule has 0 aliphatic heterocycles. The fourth-order valence-corrected chi connectivity index (χ4v) is 9.29. The van der Waals surface area contributed by atoms with E-state index in [0.717, 1.165) is 66.3 Å². The Morgan fingerprint density at radius 2 is 1.10 bits per heavy atom. The Bertz CT molecular complexity index is 2880. The average Bonchev–Trinajstić information content (AvgIpc) is 3.67. The van der Waals surface area contributed by atoms with Crippen LogP contribution in [0.3, 0.4) is 0 Å². The maximum atomic E-state index is 14.5. The van der Waals surface area contributed by atoms with E-state index in [1.165, 1.54) is 16.3 Å². The van der Waals surface area contributed by atoms with Crippen LogP contribution in [0.1, 0.15) is 0 Å². The Labute approximate surface area is 277 Å². The van der Waals surface area contributed by atoms with Crippen LogP contribution in [0, 0.1) is 0 Å². The SMILES string of the molecule is O=S(=O)(c1ccccc1)c1ccc(-c2c3c(cc4c2oc2ccccc24)-c2cccc4cccc-3c24)c2cccc(-c3ccccc3)c12. The molecule has 1 aliphatic carbocycles. The number of benzene rings is 8. The molecule has 0 unspecified atom stereocenters. The van der Waals surface area contributed by atoms with Gasteiger partial charge in [-0.2, -0.15) is 0 Å². The molecule has 3 nitrogen and oxygen atoms in total. The van der Waals surface area contributed by atoms with Crippen molar-refractivity contribution in [3.63, 3.8) is 0 Å². The minimum atomic E-state index is -3.87.